The van der Waals surface area contributed by atoms with E-state index in [0.717, 1.165) is 0 Å². The quantitative estimate of drug-likeness (QED) is 0.754. The zero-order chi connectivity index (χ0) is 15.5. The SMILES string of the molecule is CCC(C(=O)c1ccccc1)S(=O)(=O)c1ccccc1Br. The highest BCUT2D eigenvalue weighted by atomic mass is 79.9. The fraction of sp³-hybridized carbons (Fsp3) is 0.188. The van der Waals surface area contributed by atoms with E-state index >= 15 is 0 Å². The number of halogens is 1. The van der Waals surface area contributed by atoms with Gasteiger partial charge in [-0.05, 0) is 34.5 Å². The molecule has 0 aliphatic carbocycles. The summed E-state index contributed by atoms with van der Waals surface area (Å²) >= 11 is 3.24. The Bertz CT molecular complexity index is 739. The molecular weight excluding hydrogens is 352 g/mol. The Morgan fingerprint density at radius 1 is 1.05 bits per heavy atom. The molecule has 110 valence electrons. The van der Waals surface area contributed by atoms with Crippen molar-refractivity contribution in [1.82, 2.24) is 0 Å². The molecule has 0 amide bonds. The van der Waals surface area contributed by atoms with Gasteiger partial charge in [-0.15, -0.1) is 0 Å². The average molecular weight is 367 g/mol. The highest BCUT2D eigenvalue weighted by Gasteiger charge is 2.34. The molecule has 21 heavy (non-hydrogen) atoms. The normalized spacial score (nSPS) is 12.9. The number of hydrogen-bond donors (Lipinski definition) is 0. The molecule has 1 unspecified atom stereocenters. The first kappa shape index (κ1) is 15.9. The lowest BCUT2D eigenvalue weighted by atomic mass is 10.1. The monoisotopic (exact) mass is 366 g/mol. The van der Waals surface area contributed by atoms with Gasteiger partial charge in [-0.3, -0.25) is 4.79 Å². The average Bonchev–Trinajstić information content (AvgIpc) is 2.48. The molecule has 1 atom stereocenters. The van der Waals surface area contributed by atoms with Crippen molar-refractivity contribution in [2.75, 3.05) is 0 Å². The molecule has 0 radical (unpaired) electrons. The lowest BCUT2D eigenvalue weighted by Gasteiger charge is -2.16. The summed E-state index contributed by atoms with van der Waals surface area (Å²) in [5.74, 6) is -0.367. The maximum absolute atomic E-state index is 12.7. The van der Waals surface area contributed by atoms with Crippen LogP contribution < -0.4 is 0 Å². The van der Waals surface area contributed by atoms with Crippen LogP contribution in [0, 0.1) is 0 Å². The van der Waals surface area contributed by atoms with Crippen molar-refractivity contribution in [1.29, 1.82) is 0 Å². The van der Waals surface area contributed by atoms with Crippen LogP contribution in [-0.2, 0) is 9.84 Å². The van der Waals surface area contributed by atoms with Crippen molar-refractivity contribution in [3.63, 3.8) is 0 Å². The maximum Gasteiger partial charge on any atom is 0.189 e. The van der Waals surface area contributed by atoms with Crippen LogP contribution in [0.2, 0.25) is 0 Å². The van der Waals surface area contributed by atoms with Gasteiger partial charge in [-0.1, -0.05) is 49.4 Å². The van der Waals surface area contributed by atoms with Gasteiger partial charge < -0.3 is 0 Å². The van der Waals surface area contributed by atoms with Crippen LogP contribution >= 0.6 is 15.9 Å². The van der Waals surface area contributed by atoms with Crippen LogP contribution in [0.4, 0.5) is 0 Å². The second kappa shape index (κ2) is 6.54. The molecule has 2 rings (SSSR count). The van der Waals surface area contributed by atoms with E-state index in [4.69, 9.17) is 0 Å². The molecule has 2 aromatic carbocycles. The topological polar surface area (TPSA) is 51.2 Å². The van der Waals surface area contributed by atoms with Gasteiger partial charge >= 0.3 is 0 Å². The van der Waals surface area contributed by atoms with Crippen molar-refractivity contribution in [2.24, 2.45) is 0 Å². The molecule has 0 aliphatic heterocycles. The standard InChI is InChI=1S/C16H15BrO3S/c1-2-14(16(18)12-8-4-3-5-9-12)21(19,20)15-11-7-6-10-13(15)17/h3-11,14H,2H2,1H3. The van der Waals surface area contributed by atoms with Crippen molar-refractivity contribution < 1.29 is 13.2 Å². The lowest BCUT2D eigenvalue weighted by molar-refractivity contribution is 0.0985. The second-order valence-electron chi connectivity index (χ2n) is 4.60. The Balaban J connectivity index is 2.46. The molecule has 0 N–H and O–H groups in total. The maximum atomic E-state index is 12.7. The Labute approximate surface area is 133 Å². The van der Waals surface area contributed by atoms with E-state index < -0.39 is 15.1 Å². The van der Waals surface area contributed by atoms with Gasteiger partial charge in [0.2, 0.25) is 0 Å². The number of benzene rings is 2. The van der Waals surface area contributed by atoms with Gasteiger partial charge in [0.15, 0.2) is 15.6 Å². The Hall–Kier alpha value is -1.46. The van der Waals surface area contributed by atoms with Crippen LogP contribution in [0.1, 0.15) is 23.7 Å². The Kier molecular flexibility index (Phi) is 4.96. The number of ketones is 1. The summed E-state index contributed by atoms with van der Waals surface area (Å²) < 4.78 is 26.0. The zero-order valence-corrected chi connectivity index (χ0v) is 13.9. The van der Waals surface area contributed by atoms with Crippen LogP contribution in [-0.4, -0.2) is 19.5 Å². The van der Waals surface area contributed by atoms with Crippen molar-refractivity contribution in [3.8, 4) is 0 Å². The number of rotatable bonds is 5. The summed E-state index contributed by atoms with van der Waals surface area (Å²) in [7, 11) is -3.73. The lowest BCUT2D eigenvalue weighted by Crippen LogP contribution is -2.30. The third kappa shape index (κ3) is 3.24. The summed E-state index contributed by atoms with van der Waals surface area (Å²) in [6, 6.07) is 15.1. The van der Waals surface area contributed by atoms with E-state index in [2.05, 4.69) is 15.9 Å². The summed E-state index contributed by atoms with van der Waals surface area (Å²) in [4.78, 5) is 12.7. The fourth-order valence-corrected chi connectivity index (χ4v) is 4.90. The molecular formula is C16H15BrO3S. The highest BCUT2D eigenvalue weighted by molar-refractivity contribution is 9.10. The molecule has 0 aliphatic rings. The minimum atomic E-state index is -3.73. The van der Waals surface area contributed by atoms with Gasteiger partial charge in [0.1, 0.15) is 5.25 Å². The molecule has 0 bridgehead atoms. The Morgan fingerprint density at radius 2 is 1.62 bits per heavy atom. The number of carbonyl (C=O) groups excluding carboxylic acids is 1. The summed E-state index contributed by atoms with van der Waals surface area (Å²) in [6.45, 7) is 1.71. The van der Waals surface area contributed by atoms with E-state index in [1.807, 2.05) is 0 Å². The minimum absolute atomic E-state index is 0.154. The zero-order valence-electron chi connectivity index (χ0n) is 11.5. The van der Waals surface area contributed by atoms with E-state index in [1.165, 1.54) is 6.07 Å². The van der Waals surface area contributed by atoms with Crippen molar-refractivity contribution in [2.45, 2.75) is 23.5 Å². The third-order valence-corrected chi connectivity index (χ3v) is 6.46. The predicted octanol–water partition coefficient (Wildman–Crippen LogP) is 3.88. The summed E-state index contributed by atoms with van der Waals surface area (Å²) in [5, 5.41) is -1.07. The van der Waals surface area contributed by atoms with Crippen LogP contribution in [0.5, 0.6) is 0 Å². The van der Waals surface area contributed by atoms with E-state index in [0.29, 0.717) is 10.0 Å². The van der Waals surface area contributed by atoms with E-state index in [-0.39, 0.29) is 17.1 Å². The molecule has 0 heterocycles. The first-order chi connectivity index (χ1) is 9.98. The molecule has 0 spiro atoms. The molecule has 2 aromatic rings. The second-order valence-corrected chi connectivity index (χ2v) is 7.56. The predicted molar refractivity (Wildman–Crippen MR) is 86.2 cm³/mol. The molecule has 0 aromatic heterocycles. The van der Waals surface area contributed by atoms with Crippen LogP contribution in [0.15, 0.2) is 64.0 Å². The number of hydrogen-bond acceptors (Lipinski definition) is 3. The first-order valence-corrected chi connectivity index (χ1v) is 8.90. The molecule has 0 fully saturated rings. The number of carbonyl (C=O) groups is 1. The molecule has 3 nitrogen and oxygen atoms in total. The van der Waals surface area contributed by atoms with E-state index in [9.17, 15) is 13.2 Å². The van der Waals surface area contributed by atoms with Gasteiger partial charge in [-0.25, -0.2) is 8.42 Å². The van der Waals surface area contributed by atoms with Gasteiger partial charge in [-0.2, -0.15) is 0 Å². The van der Waals surface area contributed by atoms with Crippen molar-refractivity contribution >= 4 is 31.6 Å². The highest BCUT2D eigenvalue weighted by Crippen LogP contribution is 2.27. The number of Topliss-reactive ketones (excluding diaryl/α,β-unsaturated/α-hetero) is 1. The largest absolute Gasteiger partial charge is 0.293 e. The summed E-state index contributed by atoms with van der Waals surface area (Å²) in [6.07, 6.45) is 0.234. The Morgan fingerprint density at radius 3 is 2.19 bits per heavy atom. The van der Waals surface area contributed by atoms with Crippen LogP contribution in [0.3, 0.4) is 0 Å². The molecule has 0 saturated heterocycles. The first-order valence-electron chi connectivity index (χ1n) is 6.56. The third-order valence-electron chi connectivity index (χ3n) is 3.24. The van der Waals surface area contributed by atoms with Gasteiger partial charge in [0.25, 0.3) is 0 Å². The smallest absolute Gasteiger partial charge is 0.189 e. The minimum Gasteiger partial charge on any atom is -0.293 e. The molecule has 0 saturated carbocycles. The fourth-order valence-electron chi connectivity index (χ4n) is 2.16. The number of sulfone groups is 1. The van der Waals surface area contributed by atoms with Crippen molar-refractivity contribution in [3.05, 3.63) is 64.6 Å². The van der Waals surface area contributed by atoms with E-state index in [1.54, 1.807) is 55.5 Å². The summed E-state index contributed by atoms with van der Waals surface area (Å²) in [5.41, 5.74) is 0.417. The van der Waals surface area contributed by atoms with Gasteiger partial charge in [0.05, 0.1) is 4.90 Å². The van der Waals surface area contributed by atoms with Crippen LogP contribution in [0.25, 0.3) is 0 Å². The molecule has 5 heteroatoms. The van der Waals surface area contributed by atoms with Gasteiger partial charge in [0, 0.05) is 10.0 Å².